The van der Waals surface area contributed by atoms with Gasteiger partial charge in [0, 0.05) is 11.0 Å². The SMILES string of the molecule is CCNc1nc(Nc2ccc(C)cc2Br)nc(OCC)n1. The van der Waals surface area contributed by atoms with Gasteiger partial charge in [0.05, 0.1) is 12.3 Å². The van der Waals surface area contributed by atoms with Gasteiger partial charge in [0.15, 0.2) is 0 Å². The van der Waals surface area contributed by atoms with Crippen LogP contribution in [0, 0.1) is 6.92 Å². The van der Waals surface area contributed by atoms with Gasteiger partial charge in [-0.2, -0.15) is 15.0 Å². The van der Waals surface area contributed by atoms with Crippen LogP contribution >= 0.6 is 15.9 Å². The van der Waals surface area contributed by atoms with Crippen molar-refractivity contribution >= 4 is 33.5 Å². The first kappa shape index (κ1) is 15.5. The van der Waals surface area contributed by atoms with E-state index in [0.29, 0.717) is 24.5 Å². The molecule has 0 amide bonds. The fourth-order valence-electron chi connectivity index (χ4n) is 1.69. The van der Waals surface area contributed by atoms with Gasteiger partial charge in [-0.15, -0.1) is 0 Å². The van der Waals surface area contributed by atoms with Crippen LogP contribution in [0.25, 0.3) is 0 Å². The van der Waals surface area contributed by atoms with E-state index in [9.17, 15) is 0 Å². The Hall–Kier alpha value is -1.89. The van der Waals surface area contributed by atoms with Crippen molar-refractivity contribution < 1.29 is 4.74 Å². The van der Waals surface area contributed by atoms with E-state index in [1.165, 1.54) is 5.56 Å². The Morgan fingerprint density at radius 3 is 2.57 bits per heavy atom. The maximum absolute atomic E-state index is 5.37. The topological polar surface area (TPSA) is 72.0 Å². The number of nitrogens with zero attached hydrogens (tertiary/aromatic N) is 3. The van der Waals surface area contributed by atoms with Crippen molar-refractivity contribution in [2.24, 2.45) is 0 Å². The summed E-state index contributed by atoms with van der Waals surface area (Å²) in [5.74, 6) is 0.927. The highest BCUT2D eigenvalue weighted by molar-refractivity contribution is 9.10. The lowest BCUT2D eigenvalue weighted by Crippen LogP contribution is -2.09. The van der Waals surface area contributed by atoms with Gasteiger partial charge >= 0.3 is 6.01 Å². The summed E-state index contributed by atoms with van der Waals surface area (Å²) in [6.45, 7) is 7.13. The number of hydrogen-bond donors (Lipinski definition) is 2. The summed E-state index contributed by atoms with van der Waals surface area (Å²) < 4.78 is 6.32. The molecule has 112 valence electrons. The largest absolute Gasteiger partial charge is 0.464 e. The van der Waals surface area contributed by atoms with E-state index in [-0.39, 0.29) is 0 Å². The van der Waals surface area contributed by atoms with Gasteiger partial charge in [0.2, 0.25) is 11.9 Å². The molecule has 0 spiro atoms. The molecule has 21 heavy (non-hydrogen) atoms. The molecule has 0 unspecified atom stereocenters. The zero-order valence-electron chi connectivity index (χ0n) is 12.3. The number of halogens is 1. The molecule has 1 heterocycles. The van der Waals surface area contributed by atoms with Crippen LogP contribution in [0.1, 0.15) is 19.4 Å². The summed E-state index contributed by atoms with van der Waals surface area (Å²) in [7, 11) is 0. The number of hydrogen-bond acceptors (Lipinski definition) is 6. The molecule has 0 aliphatic rings. The zero-order valence-corrected chi connectivity index (χ0v) is 13.9. The Labute approximate surface area is 132 Å². The van der Waals surface area contributed by atoms with Gasteiger partial charge in [-0.3, -0.25) is 0 Å². The van der Waals surface area contributed by atoms with Crippen LogP contribution < -0.4 is 15.4 Å². The van der Waals surface area contributed by atoms with E-state index in [4.69, 9.17) is 4.74 Å². The van der Waals surface area contributed by atoms with Crippen molar-refractivity contribution in [1.82, 2.24) is 15.0 Å². The van der Waals surface area contributed by atoms with Gasteiger partial charge in [0.25, 0.3) is 0 Å². The van der Waals surface area contributed by atoms with Crippen molar-refractivity contribution in [3.63, 3.8) is 0 Å². The Bertz CT molecular complexity index is 596. The molecule has 0 radical (unpaired) electrons. The van der Waals surface area contributed by atoms with Gasteiger partial charge in [-0.05, 0) is 54.4 Å². The molecule has 0 fully saturated rings. The number of aryl methyl sites for hydroxylation is 1. The van der Waals surface area contributed by atoms with Crippen molar-refractivity contribution in [3.8, 4) is 6.01 Å². The molecule has 6 nitrogen and oxygen atoms in total. The highest BCUT2D eigenvalue weighted by Crippen LogP contribution is 2.26. The predicted octanol–water partition coefficient (Wildman–Crippen LogP) is 3.52. The highest BCUT2D eigenvalue weighted by Gasteiger charge is 2.08. The summed E-state index contributed by atoms with van der Waals surface area (Å²) in [5, 5.41) is 6.23. The van der Waals surface area contributed by atoms with E-state index in [1.807, 2.05) is 39.0 Å². The maximum Gasteiger partial charge on any atom is 0.323 e. The van der Waals surface area contributed by atoms with E-state index in [1.54, 1.807) is 0 Å². The lowest BCUT2D eigenvalue weighted by atomic mass is 10.2. The monoisotopic (exact) mass is 351 g/mol. The summed E-state index contributed by atoms with van der Waals surface area (Å²) in [6.07, 6.45) is 0. The molecule has 1 aromatic carbocycles. The van der Waals surface area contributed by atoms with Crippen LogP contribution in [0.15, 0.2) is 22.7 Å². The fourth-order valence-corrected chi connectivity index (χ4v) is 2.28. The maximum atomic E-state index is 5.37. The quantitative estimate of drug-likeness (QED) is 0.829. The third-order valence-corrected chi connectivity index (χ3v) is 3.25. The Balaban J connectivity index is 2.29. The first-order valence-corrected chi connectivity index (χ1v) is 7.57. The van der Waals surface area contributed by atoms with Crippen molar-refractivity contribution in [1.29, 1.82) is 0 Å². The van der Waals surface area contributed by atoms with E-state index in [2.05, 4.69) is 41.5 Å². The van der Waals surface area contributed by atoms with Gasteiger partial charge in [-0.25, -0.2) is 0 Å². The van der Waals surface area contributed by atoms with E-state index < -0.39 is 0 Å². The third kappa shape index (κ3) is 4.29. The molecule has 2 rings (SSSR count). The zero-order chi connectivity index (χ0) is 15.2. The normalized spacial score (nSPS) is 10.3. The number of rotatable bonds is 6. The molecule has 2 N–H and O–H groups in total. The van der Waals surface area contributed by atoms with Crippen molar-refractivity contribution in [2.45, 2.75) is 20.8 Å². The van der Waals surface area contributed by atoms with Crippen LogP contribution in [0.2, 0.25) is 0 Å². The molecule has 0 aliphatic heterocycles. The minimum absolute atomic E-state index is 0.300. The minimum Gasteiger partial charge on any atom is -0.464 e. The molecular weight excluding hydrogens is 334 g/mol. The summed E-state index contributed by atoms with van der Waals surface area (Å²) >= 11 is 3.52. The van der Waals surface area contributed by atoms with Crippen LogP contribution in [0.3, 0.4) is 0 Å². The van der Waals surface area contributed by atoms with Crippen LogP contribution in [-0.4, -0.2) is 28.1 Å². The molecule has 0 aliphatic carbocycles. The van der Waals surface area contributed by atoms with E-state index in [0.717, 1.165) is 16.7 Å². The lowest BCUT2D eigenvalue weighted by Gasteiger charge is -2.10. The standard InChI is InChI=1S/C14H18BrN5O/c1-4-16-12-18-13(20-14(19-12)21-5-2)17-11-7-6-9(3)8-10(11)15/h6-8H,4-5H2,1-3H3,(H2,16,17,18,19,20). The molecule has 7 heteroatoms. The average molecular weight is 352 g/mol. The Morgan fingerprint density at radius 2 is 1.90 bits per heavy atom. The number of ether oxygens (including phenoxy) is 1. The highest BCUT2D eigenvalue weighted by atomic mass is 79.9. The minimum atomic E-state index is 0.300. The Kier molecular flexibility index (Phi) is 5.32. The number of benzene rings is 1. The molecule has 0 saturated carbocycles. The van der Waals surface area contributed by atoms with Crippen LogP contribution in [0.4, 0.5) is 17.6 Å². The van der Waals surface area contributed by atoms with Crippen LogP contribution in [-0.2, 0) is 0 Å². The number of anilines is 3. The number of nitrogens with one attached hydrogen (secondary N) is 2. The predicted molar refractivity (Wildman–Crippen MR) is 87.3 cm³/mol. The third-order valence-electron chi connectivity index (χ3n) is 2.59. The second-order valence-corrected chi connectivity index (χ2v) is 5.19. The summed E-state index contributed by atoms with van der Waals surface area (Å²) in [5.41, 5.74) is 2.06. The van der Waals surface area contributed by atoms with Crippen molar-refractivity contribution in [3.05, 3.63) is 28.2 Å². The average Bonchev–Trinajstić information content (AvgIpc) is 2.42. The van der Waals surface area contributed by atoms with Gasteiger partial charge in [0.1, 0.15) is 0 Å². The number of aromatic nitrogens is 3. The molecule has 1 aromatic heterocycles. The van der Waals surface area contributed by atoms with Crippen molar-refractivity contribution in [2.75, 3.05) is 23.8 Å². The summed E-state index contributed by atoms with van der Waals surface area (Å²) in [4.78, 5) is 12.8. The molecule has 2 aromatic rings. The van der Waals surface area contributed by atoms with Gasteiger partial charge in [-0.1, -0.05) is 6.07 Å². The van der Waals surface area contributed by atoms with Crippen LogP contribution in [0.5, 0.6) is 6.01 Å². The molecule has 0 bridgehead atoms. The molecular formula is C14H18BrN5O. The van der Waals surface area contributed by atoms with Gasteiger partial charge < -0.3 is 15.4 Å². The molecule has 0 atom stereocenters. The van der Waals surface area contributed by atoms with E-state index >= 15 is 0 Å². The Morgan fingerprint density at radius 1 is 1.14 bits per heavy atom. The fraction of sp³-hybridized carbons (Fsp3) is 0.357. The first-order valence-electron chi connectivity index (χ1n) is 6.78. The summed E-state index contributed by atoms with van der Waals surface area (Å²) in [6, 6.07) is 6.31. The first-order chi connectivity index (χ1) is 10.1. The smallest absolute Gasteiger partial charge is 0.323 e. The lowest BCUT2D eigenvalue weighted by molar-refractivity contribution is 0.312. The second kappa shape index (κ2) is 7.21. The molecule has 0 saturated heterocycles. The second-order valence-electron chi connectivity index (χ2n) is 4.34.